The molecule has 0 aliphatic carbocycles. The third kappa shape index (κ3) is 12.5. The highest BCUT2D eigenvalue weighted by Gasteiger charge is 2.49. The number of carbonyl (C=O) groups is 2. The molecule has 8 heteroatoms. The van der Waals surface area contributed by atoms with Crippen molar-refractivity contribution in [2.45, 2.75) is 127 Å². The average Bonchev–Trinajstić information content (AvgIpc) is 2.65. The fraction of sp³-hybridized carbons (Fsp3) is 0.909. The minimum Gasteiger partial charge on any atom is -0.370 e. The Labute approximate surface area is 183 Å². The average molecular weight is 449 g/mol. The molecule has 0 aliphatic rings. The van der Waals surface area contributed by atoms with Gasteiger partial charge in [-0.2, -0.15) is 8.42 Å². The van der Waals surface area contributed by atoms with Gasteiger partial charge >= 0.3 is 0 Å². The Hall–Kier alpha value is -1.15. The largest absolute Gasteiger partial charge is 0.370 e. The van der Waals surface area contributed by atoms with E-state index in [0.29, 0.717) is 12.8 Å². The van der Waals surface area contributed by atoms with Gasteiger partial charge < -0.3 is 11.5 Å². The SMILES string of the molecule is CCCCCCCCCCCCCCCCCCC(CC(N)=O)(C(N)=O)S(=O)(=O)O. The van der Waals surface area contributed by atoms with Crippen molar-refractivity contribution in [3.8, 4) is 0 Å². The Kier molecular flexibility index (Phi) is 15.9. The Bertz CT molecular complexity index is 580. The van der Waals surface area contributed by atoms with Crippen molar-refractivity contribution >= 4 is 21.9 Å². The van der Waals surface area contributed by atoms with Crippen molar-refractivity contribution in [1.82, 2.24) is 0 Å². The van der Waals surface area contributed by atoms with Gasteiger partial charge in [0.25, 0.3) is 10.1 Å². The van der Waals surface area contributed by atoms with Gasteiger partial charge in [-0.05, 0) is 6.42 Å². The molecule has 1 atom stereocenters. The number of rotatable bonds is 21. The molecule has 0 bridgehead atoms. The van der Waals surface area contributed by atoms with Crippen LogP contribution in [0, 0.1) is 0 Å². The zero-order valence-corrected chi connectivity index (χ0v) is 19.7. The van der Waals surface area contributed by atoms with Gasteiger partial charge in [0.15, 0.2) is 4.75 Å². The smallest absolute Gasteiger partial charge is 0.280 e. The first-order valence-electron chi connectivity index (χ1n) is 11.7. The summed E-state index contributed by atoms with van der Waals surface area (Å²) in [4.78, 5) is 22.8. The van der Waals surface area contributed by atoms with E-state index in [9.17, 15) is 22.6 Å². The standard InChI is InChI=1S/C22H44N2O5S/c1-2-3-4-5-6-7-8-9-10-11-12-13-14-15-16-17-18-22(21(24)26,19-20(23)25)30(27,28)29/h2-19H2,1H3,(H2,23,25)(H2,24,26)(H,27,28,29). The van der Waals surface area contributed by atoms with Crippen LogP contribution in [0.15, 0.2) is 0 Å². The number of primary amides is 2. The van der Waals surface area contributed by atoms with Crippen LogP contribution in [0.2, 0.25) is 0 Å². The molecule has 0 aliphatic heterocycles. The zero-order valence-electron chi connectivity index (χ0n) is 18.9. The van der Waals surface area contributed by atoms with E-state index in [4.69, 9.17) is 11.5 Å². The van der Waals surface area contributed by atoms with Crippen LogP contribution >= 0.6 is 0 Å². The van der Waals surface area contributed by atoms with Crippen molar-refractivity contribution in [2.24, 2.45) is 11.5 Å². The Morgan fingerprint density at radius 3 is 1.30 bits per heavy atom. The molecule has 0 aromatic carbocycles. The monoisotopic (exact) mass is 448 g/mol. The zero-order chi connectivity index (χ0) is 22.9. The van der Waals surface area contributed by atoms with Crippen LogP contribution in [0.1, 0.15) is 122 Å². The lowest BCUT2D eigenvalue weighted by atomic mass is 9.95. The highest BCUT2D eigenvalue weighted by molar-refractivity contribution is 7.88. The van der Waals surface area contributed by atoms with Crippen LogP contribution in [0.5, 0.6) is 0 Å². The van der Waals surface area contributed by atoms with Gasteiger partial charge in [0.05, 0.1) is 6.42 Å². The molecule has 2 amide bonds. The van der Waals surface area contributed by atoms with Crippen LogP contribution < -0.4 is 11.5 Å². The predicted octanol–water partition coefficient (Wildman–Crippen LogP) is 4.63. The van der Waals surface area contributed by atoms with Gasteiger partial charge in [-0.25, -0.2) is 0 Å². The summed E-state index contributed by atoms with van der Waals surface area (Å²) < 4.78 is 30.5. The summed E-state index contributed by atoms with van der Waals surface area (Å²) in [5, 5.41) is 0. The predicted molar refractivity (Wildman–Crippen MR) is 121 cm³/mol. The summed E-state index contributed by atoms with van der Waals surface area (Å²) in [6.45, 7) is 2.24. The maximum atomic E-state index is 11.7. The molecule has 0 aromatic rings. The number of amides is 2. The molecule has 5 N–H and O–H groups in total. The van der Waals surface area contributed by atoms with Crippen molar-refractivity contribution in [3.05, 3.63) is 0 Å². The van der Waals surface area contributed by atoms with Crippen LogP contribution in [0.25, 0.3) is 0 Å². The molecule has 0 saturated heterocycles. The van der Waals surface area contributed by atoms with E-state index in [1.807, 2.05) is 0 Å². The lowest BCUT2D eigenvalue weighted by Gasteiger charge is -2.25. The van der Waals surface area contributed by atoms with Gasteiger partial charge in [0.1, 0.15) is 0 Å². The van der Waals surface area contributed by atoms with E-state index >= 15 is 0 Å². The molecule has 7 nitrogen and oxygen atoms in total. The summed E-state index contributed by atoms with van der Waals surface area (Å²) in [5.74, 6) is -2.22. The minimum absolute atomic E-state index is 0.192. The lowest BCUT2D eigenvalue weighted by Crippen LogP contribution is -2.52. The second-order valence-electron chi connectivity index (χ2n) is 8.53. The first-order chi connectivity index (χ1) is 14.2. The normalized spacial score (nSPS) is 13.8. The Morgan fingerprint density at radius 1 is 0.700 bits per heavy atom. The summed E-state index contributed by atoms with van der Waals surface area (Å²) in [6, 6.07) is 0. The molecule has 0 heterocycles. The lowest BCUT2D eigenvalue weighted by molar-refractivity contribution is -0.126. The van der Waals surface area contributed by atoms with E-state index in [1.54, 1.807) is 0 Å². The fourth-order valence-corrected chi connectivity index (χ4v) is 4.87. The molecule has 30 heavy (non-hydrogen) atoms. The van der Waals surface area contributed by atoms with Gasteiger partial charge in [-0.15, -0.1) is 0 Å². The van der Waals surface area contributed by atoms with Gasteiger partial charge in [-0.1, -0.05) is 110 Å². The quantitative estimate of drug-likeness (QED) is 0.173. The topological polar surface area (TPSA) is 141 Å². The second-order valence-corrected chi connectivity index (χ2v) is 10.3. The summed E-state index contributed by atoms with van der Waals surface area (Å²) in [7, 11) is -4.82. The maximum absolute atomic E-state index is 11.7. The molecule has 0 radical (unpaired) electrons. The van der Waals surface area contributed by atoms with E-state index in [2.05, 4.69) is 6.92 Å². The van der Waals surface area contributed by atoms with E-state index < -0.39 is 33.1 Å². The molecular formula is C22H44N2O5S. The number of carbonyl (C=O) groups excluding carboxylic acids is 2. The van der Waals surface area contributed by atoms with Gasteiger partial charge in [0.2, 0.25) is 11.8 Å². The highest BCUT2D eigenvalue weighted by Crippen LogP contribution is 2.28. The minimum atomic E-state index is -4.82. The number of unbranched alkanes of at least 4 members (excludes halogenated alkanes) is 15. The molecule has 178 valence electrons. The van der Waals surface area contributed by atoms with Crippen molar-refractivity contribution in [1.29, 1.82) is 0 Å². The Morgan fingerprint density at radius 2 is 1.03 bits per heavy atom. The van der Waals surface area contributed by atoms with Crippen LogP contribution in [0.3, 0.4) is 0 Å². The highest BCUT2D eigenvalue weighted by atomic mass is 32.2. The third-order valence-corrected chi connectivity index (χ3v) is 7.37. The molecule has 0 rings (SSSR count). The molecule has 0 aromatic heterocycles. The first-order valence-corrected chi connectivity index (χ1v) is 13.2. The summed E-state index contributed by atoms with van der Waals surface area (Å²) in [5.41, 5.74) is 10.2. The molecule has 0 spiro atoms. The number of nitrogens with two attached hydrogens (primary N) is 2. The van der Waals surface area contributed by atoms with Crippen molar-refractivity contribution < 1.29 is 22.6 Å². The molecule has 0 fully saturated rings. The van der Waals surface area contributed by atoms with E-state index in [1.165, 1.54) is 70.6 Å². The maximum Gasteiger partial charge on any atom is 0.280 e. The first kappa shape index (κ1) is 28.9. The molecule has 1 unspecified atom stereocenters. The fourth-order valence-electron chi connectivity index (χ4n) is 3.89. The third-order valence-electron chi connectivity index (χ3n) is 5.84. The van der Waals surface area contributed by atoms with Gasteiger partial charge in [0, 0.05) is 0 Å². The van der Waals surface area contributed by atoms with Crippen LogP contribution in [-0.2, 0) is 19.7 Å². The Balaban J connectivity index is 3.81. The summed E-state index contributed by atoms with van der Waals surface area (Å²) in [6.07, 6.45) is 17.7. The van der Waals surface area contributed by atoms with E-state index in [0.717, 1.165) is 19.3 Å². The van der Waals surface area contributed by atoms with E-state index in [-0.39, 0.29) is 6.42 Å². The summed E-state index contributed by atoms with van der Waals surface area (Å²) >= 11 is 0. The van der Waals surface area contributed by atoms with Crippen LogP contribution in [0.4, 0.5) is 0 Å². The van der Waals surface area contributed by atoms with Gasteiger partial charge in [-0.3, -0.25) is 14.1 Å². The van der Waals surface area contributed by atoms with Crippen molar-refractivity contribution in [3.63, 3.8) is 0 Å². The van der Waals surface area contributed by atoms with Crippen LogP contribution in [-0.4, -0.2) is 29.5 Å². The van der Waals surface area contributed by atoms with Crippen molar-refractivity contribution in [2.75, 3.05) is 0 Å². The molecular weight excluding hydrogens is 404 g/mol. The second kappa shape index (κ2) is 16.5. The molecule has 0 saturated carbocycles. The number of hydrogen-bond acceptors (Lipinski definition) is 4. The number of hydrogen-bond donors (Lipinski definition) is 3.